The fourth-order valence-corrected chi connectivity index (χ4v) is 4.41. The number of rotatable bonds is 4. The fraction of sp³-hybridized carbons (Fsp3) is 0.0870. The van der Waals surface area contributed by atoms with Gasteiger partial charge in [-0.15, -0.1) is 23.7 Å². The number of nitrogens with zero attached hydrogens (tertiary/aromatic N) is 5. The summed E-state index contributed by atoms with van der Waals surface area (Å²) < 4.78 is 12.9. The summed E-state index contributed by atoms with van der Waals surface area (Å²) in [4.78, 5) is 17.3. The van der Waals surface area contributed by atoms with E-state index in [1.165, 1.54) is 0 Å². The van der Waals surface area contributed by atoms with Crippen LogP contribution in [0.1, 0.15) is 0 Å². The van der Waals surface area contributed by atoms with Crippen molar-refractivity contribution in [3.63, 3.8) is 0 Å². The Kier molecular flexibility index (Phi) is 5.16. The molecule has 0 saturated carbocycles. The van der Waals surface area contributed by atoms with Gasteiger partial charge in [0.1, 0.15) is 12.1 Å². The minimum Gasteiger partial charge on any atom is -0.454 e. The third kappa shape index (κ3) is 3.34. The van der Waals surface area contributed by atoms with E-state index in [0.717, 1.165) is 44.5 Å². The number of hydrogen-bond donors (Lipinski definition) is 0. The minimum atomic E-state index is 0. The maximum Gasteiger partial charge on any atom is 0.237 e. The zero-order valence-electron chi connectivity index (χ0n) is 17.0. The third-order valence-corrected chi connectivity index (χ3v) is 6.18. The van der Waals surface area contributed by atoms with Crippen LogP contribution in [0.25, 0.3) is 27.4 Å². The van der Waals surface area contributed by atoms with Crippen LogP contribution in [0.4, 0.5) is 11.5 Å². The van der Waals surface area contributed by atoms with Gasteiger partial charge in [0.25, 0.3) is 0 Å². The van der Waals surface area contributed by atoms with E-state index in [2.05, 4.69) is 21.4 Å². The van der Waals surface area contributed by atoms with Crippen molar-refractivity contribution in [2.24, 2.45) is 0 Å². The molecule has 3 aromatic heterocycles. The Morgan fingerprint density at radius 3 is 2.75 bits per heavy atom. The lowest BCUT2D eigenvalue weighted by Gasteiger charge is -2.22. The number of para-hydroxylation sites is 2. The summed E-state index contributed by atoms with van der Waals surface area (Å²) in [6.07, 6.45) is 3.64. The van der Waals surface area contributed by atoms with Gasteiger partial charge in [0.15, 0.2) is 11.5 Å². The molecule has 32 heavy (non-hydrogen) atoms. The van der Waals surface area contributed by atoms with E-state index < -0.39 is 0 Å². The number of thiophene rings is 1. The molecule has 7 nitrogen and oxygen atoms in total. The van der Waals surface area contributed by atoms with Gasteiger partial charge in [0.2, 0.25) is 12.7 Å². The van der Waals surface area contributed by atoms with E-state index >= 15 is 0 Å². The van der Waals surface area contributed by atoms with E-state index in [1.807, 2.05) is 71.2 Å². The molecule has 0 atom stereocenters. The molecule has 0 saturated heterocycles. The van der Waals surface area contributed by atoms with E-state index in [4.69, 9.17) is 14.5 Å². The lowest BCUT2D eigenvalue weighted by Crippen LogP contribution is -2.14. The second-order valence-corrected chi connectivity index (χ2v) is 8.03. The molecule has 0 bridgehead atoms. The van der Waals surface area contributed by atoms with Crippen LogP contribution < -0.4 is 14.4 Å². The molecule has 0 N–H and O–H groups in total. The number of aromatic nitrogens is 4. The van der Waals surface area contributed by atoms with E-state index in [1.54, 1.807) is 17.7 Å². The number of halogens is 1. The molecule has 1 aliphatic rings. The van der Waals surface area contributed by atoms with Crippen molar-refractivity contribution in [1.82, 2.24) is 19.5 Å². The van der Waals surface area contributed by atoms with Crippen molar-refractivity contribution in [1.29, 1.82) is 0 Å². The largest absolute Gasteiger partial charge is 0.454 e. The molecule has 0 fully saturated rings. The highest BCUT2D eigenvalue weighted by atomic mass is 35.5. The first-order valence-electron chi connectivity index (χ1n) is 9.75. The van der Waals surface area contributed by atoms with Crippen molar-refractivity contribution in [3.8, 4) is 27.9 Å². The summed E-state index contributed by atoms with van der Waals surface area (Å²) >= 11 is 1.66. The average molecular weight is 464 g/mol. The number of ether oxygens (including phenoxy) is 2. The monoisotopic (exact) mass is 463 g/mol. The summed E-state index contributed by atoms with van der Waals surface area (Å²) in [6.45, 7) is 0.244. The van der Waals surface area contributed by atoms with Gasteiger partial charge < -0.3 is 14.4 Å². The highest BCUT2D eigenvalue weighted by molar-refractivity contribution is 7.13. The SMILES string of the molecule is CN(c1ccc2c(c1)OCO2)c1nc(-n2cnc3ccccc32)ncc1-c1cccs1.Cl. The van der Waals surface area contributed by atoms with Crippen LogP contribution in [-0.4, -0.2) is 33.4 Å². The predicted octanol–water partition coefficient (Wildman–Crippen LogP) is 5.46. The Morgan fingerprint density at radius 2 is 1.88 bits per heavy atom. The molecule has 4 heterocycles. The number of anilines is 2. The quantitative estimate of drug-likeness (QED) is 0.352. The van der Waals surface area contributed by atoms with Crippen LogP contribution in [0, 0.1) is 0 Å². The Hall–Kier alpha value is -3.62. The predicted molar refractivity (Wildman–Crippen MR) is 128 cm³/mol. The number of hydrogen-bond acceptors (Lipinski definition) is 7. The Balaban J connectivity index is 0.00000216. The van der Waals surface area contributed by atoms with Gasteiger partial charge in [-0.05, 0) is 35.7 Å². The highest BCUT2D eigenvalue weighted by Crippen LogP contribution is 2.39. The molecule has 9 heteroatoms. The van der Waals surface area contributed by atoms with Crippen LogP contribution in [0.3, 0.4) is 0 Å². The van der Waals surface area contributed by atoms with Gasteiger partial charge >= 0.3 is 0 Å². The van der Waals surface area contributed by atoms with Crippen LogP contribution in [0.2, 0.25) is 0 Å². The van der Waals surface area contributed by atoms with Gasteiger partial charge in [-0.25, -0.2) is 9.97 Å². The topological polar surface area (TPSA) is 65.3 Å². The van der Waals surface area contributed by atoms with E-state index in [-0.39, 0.29) is 19.2 Å². The van der Waals surface area contributed by atoms with Crippen LogP contribution in [0.15, 0.2) is 72.5 Å². The summed E-state index contributed by atoms with van der Waals surface area (Å²) in [6, 6.07) is 17.9. The normalized spacial score (nSPS) is 12.0. The van der Waals surface area contributed by atoms with E-state index in [0.29, 0.717) is 5.95 Å². The molecule has 0 amide bonds. The summed E-state index contributed by atoms with van der Waals surface area (Å²) in [5, 5.41) is 2.05. The molecular weight excluding hydrogens is 446 g/mol. The summed E-state index contributed by atoms with van der Waals surface area (Å²) in [5.41, 5.74) is 3.77. The molecule has 0 spiro atoms. The number of benzene rings is 2. The Morgan fingerprint density at radius 1 is 1.00 bits per heavy atom. The maximum atomic E-state index is 5.57. The Labute approximate surface area is 194 Å². The van der Waals surface area contributed by atoms with Gasteiger partial charge in [-0.1, -0.05) is 18.2 Å². The van der Waals surface area contributed by atoms with Crippen LogP contribution in [0.5, 0.6) is 11.5 Å². The first kappa shape index (κ1) is 20.3. The zero-order valence-corrected chi connectivity index (χ0v) is 18.6. The molecule has 5 aromatic rings. The van der Waals surface area contributed by atoms with Crippen molar-refractivity contribution in [2.75, 3.05) is 18.7 Å². The van der Waals surface area contributed by atoms with Crippen molar-refractivity contribution >= 4 is 46.3 Å². The van der Waals surface area contributed by atoms with Crippen molar-refractivity contribution in [2.45, 2.75) is 0 Å². The summed E-state index contributed by atoms with van der Waals surface area (Å²) in [7, 11) is 1.99. The molecule has 6 rings (SSSR count). The molecule has 0 radical (unpaired) electrons. The molecular formula is C23H18ClN5O2S. The first-order chi connectivity index (χ1) is 15.3. The van der Waals surface area contributed by atoms with Gasteiger partial charge in [-0.3, -0.25) is 4.57 Å². The lowest BCUT2D eigenvalue weighted by molar-refractivity contribution is 0.174. The van der Waals surface area contributed by atoms with Crippen molar-refractivity contribution in [3.05, 3.63) is 72.5 Å². The number of fused-ring (bicyclic) bond motifs is 2. The second kappa shape index (κ2) is 8.14. The minimum absolute atomic E-state index is 0. The smallest absolute Gasteiger partial charge is 0.237 e. The second-order valence-electron chi connectivity index (χ2n) is 7.08. The van der Waals surface area contributed by atoms with Gasteiger partial charge in [0, 0.05) is 29.9 Å². The molecule has 0 unspecified atom stereocenters. The van der Waals surface area contributed by atoms with Crippen molar-refractivity contribution < 1.29 is 9.47 Å². The molecule has 1 aliphatic heterocycles. The summed E-state index contributed by atoms with van der Waals surface area (Å²) in [5.74, 6) is 2.85. The Bertz CT molecular complexity index is 1400. The first-order valence-corrected chi connectivity index (χ1v) is 10.6. The third-order valence-electron chi connectivity index (χ3n) is 5.27. The van der Waals surface area contributed by atoms with E-state index in [9.17, 15) is 0 Å². The maximum absolute atomic E-state index is 5.57. The van der Waals surface area contributed by atoms with Crippen LogP contribution in [-0.2, 0) is 0 Å². The van der Waals surface area contributed by atoms with Crippen LogP contribution >= 0.6 is 23.7 Å². The standard InChI is InChI=1S/C23H17N5O2S.ClH/c1-27(15-8-9-19-20(11-15)30-14-29-19)22-16(21-7-4-10-31-21)12-24-23(26-22)28-13-25-17-5-2-3-6-18(17)28;/h2-13H,14H2,1H3;1H. The molecule has 160 valence electrons. The average Bonchev–Trinajstić information content (AvgIpc) is 3.58. The lowest BCUT2D eigenvalue weighted by atomic mass is 10.2. The zero-order chi connectivity index (χ0) is 20.8. The van der Waals surface area contributed by atoms with Gasteiger partial charge in [-0.2, -0.15) is 4.98 Å². The number of imidazole rings is 1. The molecule has 0 aliphatic carbocycles. The van der Waals surface area contributed by atoms with Gasteiger partial charge in [0.05, 0.1) is 16.6 Å². The highest BCUT2D eigenvalue weighted by Gasteiger charge is 2.20. The fourth-order valence-electron chi connectivity index (χ4n) is 3.68. The molecule has 2 aromatic carbocycles.